The van der Waals surface area contributed by atoms with Crippen LogP contribution in [0.25, 0.3) is 0 Å². The Morgan fingerprint density at radius 2 is 0.755 bits per heavy atom. The van der Waals surface area contributed by atoms with Gasteiger partial charge in [-0.1, -0.05) is 141 Å². The first kappa shape index (κ1) is 47.4. The molecule has 0 rings (SSSR count). The van der Waals surface area contributed by atoms with Gasteiger partial charge < -0.3 is 4.48 Å². The van der Waals surface area contributed by atoms with Crippen LogP contribution in [-0.2, 0) is 14.4 Å². The molecule has 0 fully saturated rings. The third kappa shape index (κ3) is 34.7. The number of hydrogen-bond acceptors (Lipinski definition) is 3. The van der Waals surface area contributed by atoms with Gasteiger partial charge >= 0.3 is 0 Å². The molecule has 286 valence electrons. The van der Waals surface area contributed by atoms with Gasteiger partial charge in [0.1, 0.15) is 17.3 Å². The second kappa shape index (κ2) is 34.9. The average Bonchev–Trinajstić information content (AvgIpc) is 3.06. The molecule has 1 unspecified atom stereocenters. The standard InChI is InChI=1S/C45H84NO3/c1-6-8-10-12-14-16-18-20-22-24-26-28-30-32-34-37-42(47)41-43(45(49)39-36-40-46(3,4)5)44(48)38-35-33-31-29-27-25-23-21-19-17-15-13-11-9-7-2/h20-23,43H,6-19,24-41H2,1-5H3/q+1/b22-20-,23-21-. The van der Waals surface area contributed by atoms with Crippen molar-refractivity contribution < 1.29 is 18.9 Å². The van der Waals surface area contributed by atoms with Crippen molar-refractivity contribution in [2.75, 3.05) is 27.7 Å². The van der Waals surface area contributed by atoms with Crippen LogP contribution in [0.15, 0.2) is 24.3 Å². The van der Waals surface area contributed by atoms with E-state index in [1.165, 1.54) is 116 Å². The topological polar surface area (TPSA) is 51.2 Å². The zero-order valence-corrected chi connectivity index (χ0v) is 33.7. The lowest BCUT2D eigenvalue weighted by molar-refractivity contribution is -0.870. The Kier molecular flexibility index (Phi) is 33.8. The molecule has 0 aromatic carbocycles. The Bertz CT molecular complexity index is 837. The molecule has 0 amide bonds. The maximum absolute atomic E-state index is 13.2. The molecule has 1 atom stereocenters. The third-order valence-electron chi connectivity index (χ3n) is 9.86. The predicted molar refractivity (Wildman–Crippen MR) is 214 cm³/mol. The van der Waals surface area contributed by atoms with Crippen molar-refractivity contribution in [3.63, 3.8) is 0 Å². The molecule has 0 saturated carbocycles. The van der Waals surface area contributed by atoms with Crippen LogP contribution in [0.2, 0.25) is 0 Å². The van der Waals surface area contributed by atoms with Crippen molar-refractivity contribution in [2.45, 2.75) is 213 Å². The van der Waals surface area contributed by atoms with E-state index in [0.29, 0.717) is 19.3 Å². The first-order valence-electron chi connectivity index (χ1n) is 21.4. The first-order valence-corrected chi connectivity index (χ1v) is 21.4. The normalized spacial score (nSPS) is 12.8. The van der Waals surface area contributed by atoms with Gasteiger partial charge in [0.25, 0.3) is 0 Å². The van der Waals surface area contributed by atoms with E-state index in [4.69, 9.17) is 0 Å². The van der Waals surface area contributed by atoms with Gasteiger partial charge in [0, 0.05) is 32.1 Å². The summed E-state index contributed by atoms with van der Waals surface area (Å²) >= 11 is 0. The highest BCUT2D eigenvalue weighted by Crippen LogP contribution is 2.19. The summed E-state index contributed by atoms with van der Waals surface area (Å²) in [4.78, 5) is 39.3. The van der Waals surface area contributed by atoms with Crippen LogP contribution in [-0.4, -0.2) is 49.5 Å². The van der Waals surface area contributed by atoms with E-state index in [-0.39, 0.29) is 23.8 Å². The second-order valence-corrected chi connectivity index (χ2v) is 16.0. The zero-order valence-electron chi connectivity index (χ0n) is 33.7. The highest BCUT2D eigenvalue weighted by molar-refractivity contribution is 6.05. The SMILES string of the molecule is CCCCCCCC/C=C\CCCCCCCC(=O)CC(C(=O)CCCCCCC/C=C\CCCCCCCC)C(=O)CCC[N+](C)(C)C. The minimum absolute atomic E-state index is 0.00535. The smallest absolute Gasteiger partial charge is 0.144 e. The molecule has 0 aliphatic heterocycles. The monoisotopic (exact) mass is 687 g/mol. The summed E-state index contributed by atoms with van der Waals surface area (Å²) < 4.78 is 0.801. The van der Waals surface area contributed by atoms with E-state index in [9.17, 15) is 14.4 Å². The quantitative estimate of drug-likeness (QED) is 0.0281. The highest BCUT2D eigenvalue weighted by Gasteiger charge is 2.28. The number of Topliss-reactive ketones (excluding diaryl/α,β-unsaturated/α-hetero) is 3. The van der Waals surface area contributed by atoms with Gasteiger partial charge in [-0.15, -0.1) is 0 Å². The van der Waals surface area contributed by atoms with Gasteiger partial charge in [-0.2, -0.15) is 0 Å². The van der Waals surface area contributed by atoms with E-state index in [1.54, 1.807) is 0 Å². The van der Waals surface area contributed by atoms with Gasteiger partial charge in [-0.25, -0.2) is 0 Å². The van der Waals surface area contributed by atoms with Crippen molar-refractivity contribution in [2.24, 2.45) is 5.92 Å². The second-order valence-electron chi connectivity index (χ2n) is 16.0. The zero-order chi connectivity index (χ0) is 36.3. The molecule has 49 heavy (non-hydrogen) atoms. The number of nitrogens with zero attached hydrogens (tertiary/aromatic N) is 1. The summed E-state index contributed by atoms with van der Waals surface area (Å²) in [6.45, 7) is 5.42. The fraction of sp³-hybridized carbons (Fsp3) is 0.844. The Labute approximate surface area is 306 Å². The van der Waals surface area contributed by atoms with E-state index in [0.717, 1.165) is 68.8 Å². The molecule has 0 aliphatic rings. The Morgan fingerprint density at radius 3 is 1.14 bits per heavy atom. The molecule has 0 N–H and O–H groups in total. The molecule has 4 heteroatoms. The van der Waals surface area contributed by atoms with Gasteiger partial charge in [0.05, 0.1) is 33.6 Å². The molecule has 0 saturated heterocycles. The summed E-state index contributed by atoms with van der Waals surface area (Å²) in [5.41, 5.74) is 0. The minimum atomic E-state index is -0.722. The highest BCUT2D eigenvalue weighted by atomic mass is 16.2. The Balaban J connectivity index is 4.27. The summed E-state index contributed by atoms with van der Waals surface area (Å²) in [5.74, 6) is -0.629. The van der Waals surface area contributed by atoms with Crippen LogP contribution >= 0.6 is 0 Å². The molecular weight excluding hydrogens is 602 g/mol. The predicted octanol–water partition coefficient (Wildman–Crippen LogP) is 13.3. The number of ketones is 3. The van der Waals surface area contributed by atoms with Crippen molar-refractivity contribution in [3.05, 3.63) is 24.3 Å². The molecule has 0 aromatic heterocycles. The van der Waals surface area contributed by atoms with Gasteiger partial charge in [-0.05, 0) is 64.2 Å². The summed E-state index contributed by atoms with van der Waals surface area (Å²) in [6.07, 6.45) is 43.5. The summed E-state index contributed by atoms with van der Waals surface area (Å²) in [6, 6.07) is 0. The van der Waals surface area contributed by atoms with Gasteiger partial charge in [0.2, 0.25) is 0 Å². The van der Waals surface area contributed by atoms with Crippen molar-refractivity contribution in [1.29, 1.82) is 0 Å². The first-order chi connectivity index (χ1) is 23.7. The van der Waals surface area contributed by atoms with Crippen LogP contribution in [0.3, 0.4) is 0 Å². The van der Waals surface area contributed by atoms with Crippen LogP contribution in [0.4, 0.5) is 0 Å². The minimum Gasteiger partial charge on any atom is -0.331 e. The molecule has 4 nitrogen and oxygen atoms in total. The lowest BCUT2D eigenvalue weighted by Crippen LogP contribution is -2.36. The number of carbonyl (C=O) groups excluding carboxylic acids is 3. The van der Waals surface area contributed by atoms with Crippen LogP contribution in [0.5, 0.6) is 0 Å². The van der Waals surface area contributed by atoms with Crippen molar-refractivity contribution in [3.8, 4) is 0 Å². The molecule has 0 bridgehead atoms. The number of hydrogen-bond donors (Lipinski definition) is 0. The average molecular weight is 687 g/mol. The molecule has 0 radical (unpaired) electrons. The Morgan fingerprint density at radius 1 is 0.429 bits per heavy atom. The van der Waals surface area contributed by atoms with Gasteiger partial charge in [0.15, 0.2) is 0 Å². The number of allylic oxidation sites excluding steroid dienone is 4. The number of unbranched alkanes of at least 4 members (excludes halogenated alkanes) is 22. The van der Waals surface area contributed by atoms with E-state index in [1.807, 2.05) is 0 Å². The lowest BCUT2D eigenvalue weighted by Gasteiger charge is -2.24. The van der Waals surface area contributed by atoms with E-state index in [2.05, 4.69) is 59.3 Å². The molecule has 0 aliphatic carbocycles. The molecule has 0 aromatic rings. The van der Waals surface area contributed by atoms with Crippen LogP contribution in [0, 0.1) is 5.92 Å². The molecule has 0 heterocycles. The number of carbonyl (C=O) groups is 3. The fourth-order valence-electron chi connectivity index (χ4n) is 6.58. The van der Waals surface area contributed by atoms with Crippen LogP contribution < -0.4 is 0 Å². The van der Waals surface area contributed by atoms with Crippen LogP contribution in [0.1, 0.15) is 213 Å². The maximum atomic E-state index is 13.2. The molecular formula is C45H84NO3+. The van der Waals surface area contributed by atoms with Crippen molar-refractivity contribution >= 4 is 17.3 Å². The van der Waals surface area contributed by atoms with E-state index >= 15 is 0 Å². The summed E-state index contributed by atoms with van der Waals surface area (Å²) in [7, 11) is 6.37. The molecule has 0 spiro atoms. The Hall–Kier alpha value is -1.55. The lowest BCUT2D eigenvalue weighted by atomic mass is 9.87. The largest absolute Gasteiger partial charge is 0.331 e. The van der Waals surface area contributed by atoms with Gasteiger partial charge in [-0.3, -0.25) is 14.4 Å². The van der Waals surface area contributed by atoms with E-state index < -0.39 is 5.92 Å². The summed E-state index contributed by atoms with van der Waals surface area (Å²) in [5, 5.41) is 0. The number of quaternary nitrogens is 1. The third-order valence-corrected chi connectivity index (χ3v) is 9.86. The van der Waals surface area contributed by atoms with Crippen molar-refractivity contribution in [1.82, 2.24) is 0 Å². The number of rotatable bonds is 38. The maximum Gasteiger partial charge on any atom is 0.144 e. The fourth-order valence-corrected chi connectivity index (χ4v) is 6.58.